The molecule has 1 aromatic carbocycles. The van der Waals surface area contributed by atoms with Gasteiger partial charge in [-0.25, -0.2) is 0 Å². The minimum absolute atomic E-state index is 0.0712. The van der Waals surface area contributed by atoms with E-state index in [2.05, 4.69) is 45.4 Å². The first-order valence-electron chi connectivity index (χ1n) is 4.86. The topological polar surface area (TPSA) is 0 Å². The van der Waals surface area contributed by atoms with Gasteiger partial charge < -0.3 is 0 Å². The molecule has 74 valence electrons. The summed E-state index contributed by atoms with van der Waals surface area (Å²) in [6, 6.07) is 6.72. The number of benzene rings is 1. The molecular formula is C12H21P. The van der Waals surface area contributed by atoms with Crippen LogP contribution in [0.15, 0.2) is 18.2 Å². The lowest BCUT2D eigenvalue weighted by Crippen LogP contribution is -2.03. The molecule has 1 heteroatoms. The summed E-state index contributed by atoms with van der Waals surface area (Å²) in [6.07, 6.45) is 0. The van der Waals surface area contributed by atoms with Crippen molar-refractivity contribution in [3.05, 3.63) is 29.3 Å². The van der Waals surface area contributed by atoms with E-state index in [1.54, 1.807) is 0 Å². The number of aryl methyl sites for hydroxylation is 2. The third-order valence-electron chi connectivity index (χ3n) is 1.83. The lowest BCUT2D eigenvalue weighted by Gasteiger charge is -2.09. The largest absolute Gasteiger partial charge is 0.0814 e. The van der Waals surface area contributed by atoms with E-state index in [1.165, 1.54) is 16.4 Å². The number of rotatable bonds is 1. The van der Waals surface area contributed by atoms with Crippen molar-refractivity contribution in [2.75, 3.05) is 13.3 Å². The van der Waals surface area contributed by atoms with Gasteiger partial charge in [0.15, 0.2) is 0 Å². The third-order valence-corrected chi connectivity index (χ3v) is 3.30. The molecule has 0 heterocycles. The van der Waals surface area contributed by atoms with E-state index in [9.17, 15) is 0 Å². The first-order valence-corrected chi connectivity index (χ1v) is 7.09. The quantitative estimate of drug-likeness (QED) is 0.601. The molecule has 1 rings (SSSR count). The molecule has 0 nitrogen and oxygen atoms in total. The summed E-state index contributed by atoms with van der Waals surface area (Å²) in [5.74, 6) is 0. The van der Waals surface area contributed by atoms with Crippen LogP contribution in [0.1, 0.15) is 25.0 Å². The molecule has 0 aliphatic heterocycles. The fraction of sp³-hybridized carbons (Fsp3) is 0.500. The monoisotopic (exact) mass is 196 g/mol. The van der Waals surface area contributed by atoms with Crippen molar-refractivity contribution in [2.45, 2.75) is 27.7 Å². The highest BCUT2D eigenvalue weighted by atomic mass is 31.1. The van der Waals surface area contributed by atoms with E-state index in [0.717, 1.165) is 0 Å². The molecule has 0 amide bonds. The van der Waals surface area contributed by atoms with Gasteiger partial charge in [0, 0.05) is 0 Å². The van der Waals surface area contributed by atoms with E-state index in [0.29, 0.717) is 0 Å². The van der Waals surface area contributed by atoms with Crippen molar-refractivity contribution in [3.63, 3.8) is 0 Å². The Bertz CT molecular complexity index is 251. The van der Waals surface area contributed by atoms with E-state index in [-0.39, 0.29) is 7.92 Å². The molecule has 0 atom stereocenters. The maximum atomic E-state index is 2.30. The molecule has 0 spiro atoms. The molecule has 0 saturated carbocycles. The summed E-state index contributed by atoms with van der Waals surface area (Å²) in [7, 11) is 0.0712. The van der Waals surface area contributed by atoms with Crippen LogP contribution in [0.2, 0.25) is 0 Å². The molecule has 13 heavy (non-hydrogen) atoms. The predicted octanol–water partition coefficient (Wildman–Crippen LogP) is 3.70. The first kappa shape index (κ1) is 12.7. The van der Waals surface area contributed by atoms with Crippen LogP contribution in [0.4, 0.5) is 0 Å². The summed E-state index contributed by atoms with van der Waals surface area (Å²) >= 11 is 0. The summed E-state index contributed by atoms with van der Waals surface area (Å²) in [6.45, 7) is 12.9. The van der Waals surface area contributed by atoms with E-state index in [1.807, 2.05) is 13.8 Å². The zero-order chi connectivity index (χ0) is 10.4. The predicted molar refractivity (Wildman–Crippen MR) is 65.7 cm³/mol. The van der Waals surface area contributed by atoms with Crippen LogP contribution in [-0.2, 0) is 0 Å². The molecule has 0 aliphatic rings. The number of hydrogen-bond acceptors (Lipinski definition) is 0. The Hall–Kier alpha value is -0.350. The van der Waals surface area contributed by atoms with Crippen LogP contribution in [0.25, 0.3) is 0 Å². The Morgan fingerprint density at radius 1 is 1.00 bits per heavy atom. The molecule has 0 radical (unpaired) electrons. The maximum absolute atomic E-state index is 2.30. The van der Waals surface area contributed by atoms with Gasteiger partial charge in [-0.2, -0.15) is 0 Å². The standard InChI is InChI=1S/C10H15P.C2H6/c1-8-5-6-10(11(3)4)9(2)7-8;1-2/h5-7H,1-4H3;1-2H3. The minimum atomic E-state index is 0.0712. The summed E-state index contributed by atoms with van der Waals surface area (Å²) < 4.78 is 0. The van der Waals surface area contributed by atoms with Gasteiger partial charge in [-0.05, 0) is 38.0 Å². The molecule has 0 saturated heterocycles. The maximum Gasteiger partial charge on any atom is -0.0216 e. The Balaban J connectivity index is 0.000000671. The molecule has 0 unspecified atom stereocenters. The highest BCUT2D eigenvalue weighted by Crippen LogP contribution is 2.25. The number of hydrogen-bond donors (Lipinski definition) is 0. The SMILES string of the molecule is CC.Cc1ccc(P(C)C)c(C)c1. The van der Waals surface area contributed by atoms with Crippen molar-refractivity contribution in [2.24, 2.45) is 0 Å². The van der Waals surface area contributed by atoms with Gasteiger partial charge in [0.2, 0.25) is 0 Å². The van der Waals surface area contributed by atoms with Gasteiger partial charge in [0.05, 0.1) is 0 Å². The lowest BCUT2D eigenvalue weighted by molar-refractivity contribution is 1.41. The van der Waals surface area contributed by atoms with Gasteiger partial charge >= 0.3 is 0 Å². The van der Waals surface area contributed by atoms with Crippen LogP contribution in [0.3, 0.4) is 0 Å². The average molecular weight is 196 g/mol. The summed E-state index contributed by atoms with van der Waals surface area (Å²) in [5.41, 5.74) is 2.81. The highest BCUT2D eigenvalue weighted by molar-refractivity contribution is 7.64. The van der Waals surface area contributed by atoms with E-state index in [4.69, 9.17) is 0 Å². The molecule has 1 aromatic rings. The van der Waals surface area contributed by atoms with Gasteiger partial charge in [-0.1, -0.05) is 45.5 Å². The second-order valence-corrected chi connectivity index (χ2v) is 5.46. The van der Waals surface area contributed by atoms with Gasteiger partial charge in [-0.15, -0.1) is 0 Å². The fourth-order valence-corrected chi connectivity index (χ4v) is 2.45. The minimum Gasteiger partial charge on any atom is -0.0814 e. The third kappa shape index (κ3) is 3.91. The first-order chi connectivity index (χ1) is 6.11. The average Bonchev–Trinajstić information content (AvgIpc) is 2.07. The summed E-state index contributed by atoms with van der Waals surface area (Å²) in [5, 5.41) is 1.53. The zero-order valence-electron chi connectivity index (χ0n) is 9.68. The van der Waals surface area contributed by atoms with E-state index >= 15 is 0 Å². The summed E-state index contributed by atoms with van der Waals surface area (Å²) in [4.78, 5) is 0. The second-order valence-electron chi connectivity index (χ2n) is 3.18. The van der Waals surface area contributed by atoms with Crippen LogP contribution in [0.5, 0.6) is 0 Å². The van der Waals surface area contributed by atoms with E-state index < -0.39 is 0 Å². The molecule has 0 aliphatic carbocycles. The van der Waals surface area contributed by atoms with Gasteiger partial charge in [0.25, 0.3) is 0 Å². The van der Waals surface area contributed by atoms with Crippen LogP contribution < -0.4 is 5.30 Å². The molecule has 0 bridgehead atoms. The van der Waals surface area contributed by atoms with Crippen LogP contribution >= 0.6 is 7.92 Å². The van der Waals surface area contributed by atoms with Gasteiger partial charge in [0.1, 0.15) is 0 Å². The molecule has 0 aromatic heterocycles. The van der Waals surface area contributed by atoms with Crippen molar-refractivity contribution < 1.29 is 0 Å². The smallest absolute Gasteiger partial charge is 0.0216 e. The Morgan fingerprint density at radius 3 is 1.92 bits per heavy atom. The zero-order valence-corrected chi connectivity index (χ0v) is 10.6. The van der Waals surface area contributed by atoms with Crippen molar-refractivity contribution >= 4 is 13.2 Å². The second kappa shape index (κ2) is 6.16. The normalized spacial score (nSPS) is 9.46. The highest BCUT2D eigenvalue weighted by Gasteiger charge is 2.00. The lowest BCUT2D eigenvalue weighted by atomic mass is 10.2. The Labute approximate surface area is 84.1 Å². The van der Waals surface area contributed by atoms with Crippen molar-refractivity contribution in [1.82, 2.24) is 0 Å². The molecular weight excluding hydrogens is 175 g/mol. The fourth-order valence-electron chi connectivity index (χ4n) is 1.31. The van der Waals surface area contributed by atoms with Crippen LogP contribution in [0, 0.1) is 13.8 Å². The molecule has 0 fully saturated rings. The molecule has 0 N–H and O–H groups in total. The van der Waals surface area contributed by atoms with Crippen molar-refractivity contribution in [3.8, 4) is 0 Å². The Kier molecular flexibility index (Phi) is 5.99. The Morgan fingerprint density at radius 2 is 1.54 bits per heavy atom. The van der Waals surface area contributed by atoms with Crippen LogP contribution in [-0.4, -0.2) is 13.3 Å². The van der Waals surface area contributed by atoms with Crippen molar-refractivity contribution in [1.29, 1.82) is 0 Å². The van der Waals surface area contributed by atoms with Gasteiger partial charge in [-0.3, -0.25) is 0 Å².